The molecule has 28 heavy (non-hydrogen) atoms. The van der Waals surface area contributed by atoms with Crippen LogP contribution in [0.4, 0.5) is 11.4 Å². The number of rotatable bonds is 7. The fourth-order valence-electron chi connectivity index (χ4n) is 4.46. The zero-order valence-corrected chi connectivity index (χ0v) is 17.0. The van der Waals surface area contributed by atoms with Gasteiger partial charge in [0.1, 0.15) is 6.04 Å². The van der Waals surface area contributed by atoms with E-state index < -0.39 is 6.04 Å². The molecule has 1 saturated carbocycles. The van der Waals surface area contributed by atoms with Gasteiger partial charge in [-0.1, -0.05) is 25.3 Å². The normalized spacial score (nSPS) is 19.9. The Labute approximate surface area is 168 Å². The second-order valence-corrected chi connectivity index (χ2v) is 8.46. The molecule has 1 aliphatic heterocycles. The smallest absolute Gasteiger partial charge is 0.246 e. The van der Waals surface area contributed by atoms with E-state index in [1.807, 2.05) is 18.2 Å². The molecule has 3 rings (SSSR count). The molecule has 1 aliphatic carbocycles. The van der Waals surface area contributed by atoms with Crippen molar-refractivity contribution in [3.63, 3.8) is 0 Å². The summed E-state index contributed by atoms with van der Waals surface area (Å²) >= 11 is 0. The minimum absolute atomic E-state index is 0.0826. The summed E-state index contributed by atoms with van der Waals surface area (Å²) in [4.78, 5) is 27.4. The van der Waals surface area contributed by atoms with Crippen molar-refractivity contribution in [3.8, 4) is 0 Å². The second kappa shape index (κ2) is 9.41. The zero-order chi connectivity index (χ0) is 20.0. The summed E-state index contributed by atoms with van der Waals surface area (Å²) < 4.78 is 0. The van der Waals surface area contributed by atoms with Gasteiger partial charge >= 0.3 is 0 Å². The molecule has 1 saturated heterocycles. The first-order valence-electron chi connectivity index (χ1n) is 10.7. The summed E-state index contributed by atoms with van der Waals surface area (Å²) in [5, 5.41) is 5.79. The molecule has 2 aliphatic rings. The van der Waals surface area contributed by atoms with Crippen molar-refractivity contribution >= 4 is 23.2 Å². The molecule has 0 aromatic heterocycles. The van der Waals surface area contributed by atoms with Crippen molar-refractivity contribution in [2.24, 2.45) is 11.1 Å². The number of nitrogens with two attached hydrogens (primary N) is 1. The Morgan fingerprint density at radius 3 is 2.54 bits per heavy atom. The second-order valence-electron chi connectivity index (χ2n) is 8.46. The van der Waals surface area contributed by atoms with E-state index in [0.717, 1.165) is 50.1 Å². The summed E-state index contributed by atoms with van der Waals surface area (Å²) in [5.74, 6) is -0.279. The van der Waals surface area contributed by atoms with Gasteiger partial charge in [-0.3, -0.25) is 9.59 Å². The Balaban J connectivity index is 1.52. The minimum Gasteiger partial charge on any atom is -0.371 e. The molecule has 154 valence electrons. The Hall–Kier alpha value is -2.08. The highest BCUT2D eigenvalue weighted by Crippen LogP contribution is 2.38. The Kier molecular flexibility index (Phi) is 6.94. The third-order valence-electron chi connectivity index (χ3n) is 6.24. The number of carbonyl (C=O) groups excluding carboxylic acids is 2. The number of hydrogen-bond acceptors (Lipinski definition) is 4. The molecule has 2 amide bonds. The first-order chi connectivity index (χ1) is 13.5. The minimum atomic E-state index is -0.582. The van der Waals surface area contributed by atoms with E-state index in [1.54, 1.807) is 6.92 Å². The van der Waals surface area contributed by atoms with Gasteiger partial charge in [0.15, 0.2) is 0 Å². The number of carbonyl (C=O) groups is 2. The summed E-state index contributed by atoms with van der Waals surface area (Å²) in [7, 11) is 0. The predicted octanol–water partition coefficient (Wildman–Crippen LogP) is 3.03. The maximum Gasteiger partial charge on any atom is 0.246 e. The summed E-state index contributed by atoms with van der Waals surface area (Å²) in [6.07, 6.45) is 8.32. The van der Waals surface area contributed by atoms with Crippen molar-refractivity contribution in [2.45, 2.75) is 64.3 Å². The molecule has 0 radical (unpaired) electrons. The van der Waals surface area contributed by atoms with Crippen LogP contribution in [0.25, 0.3) is 0 Å². The van der Waals surface area contributed by atoms with Crippen molar-refractivity contribution < 1.29 is 9.59 Å². The fraction of sp³-hybridized carbons (Fsp3) is 0.636. The lowest BCUT2D eigenvalue weighted by Gasteiger charge is -2.35. The van der Waals surface area contributed by atoms with Crippen LogP contribution in [0.15, 0.2) is 24.3 Å². The highest BCUT2D eigenvalue weighted by Gasteiger charge is 2.33. The topological polar surface area (TPSA) is 87.5 Å². The Bertz CT molecular complexity index is 679. The molecular formula is C22H34N4O2. The van der Waals surface area contributed by atoms with Gasteiger partial charge < -0.3 is 21.3 Å². The van der Waals surface area contributed by atoms with Gasteiger partial charge in [-0.2, -0.15) is 0 Å². The van der Waals surface area contributed by atoms with E-state index in [-0.39, 0.29) is 17.2 Å². The summed E-state index contributed by atoms with van der Waals surface area (Å²) in [6.45, 7) is 4.39. The Morgan fingerprint density at radius 2 is 1.86 bits per heavy atom. The number of anilines is 2. The molecular weight excluding hydrogens is 352 g/mol. The van der Waals surface area contributed by atoms with Gasteiger partial charge in [0.25, 0.3) is 0 Å². The molecule has 1 heterocycles. The predicted molar refractivity (Wildman–Crippen MR) is 113 cm³/mol. The van der Waals surface area contributed by atoms with Crippen molar-refractivity contribution in [3.05, 3.63) is 24.3 Å². The van der Waals surface area contributed by atoms with E-state index in [0.29, 0.717) is 13.0 Å². The van der Waals surface area contributed by atoms with Crippen molar-refractivity contribution in [1.82, 2.24) is 5.32 Å². The molecule has 0 spiro atoms. The molecule has 1 aromatic rings. The molecule has 6 nitrogen and oxygen atoms in total. The van der Waals surface area contributed by atoms with Crippen LogP contribution in [0.2, 0.25) is 0 Å². The van der Waals surface area contributed by atoms with Crippen LogP contribution in [0.3, 0.4) is 0 Å². The van der Waals surface area contributed by atoms with Crippen LogP contribution in [-0.2, 0) is 9.59 Å². The molecule has 1 atom stereocenters. The van der Waals surface area contributed by atoms with Crippen molar-refractivity contribution in [1.29, 1.82) is 0 Å². The Morgan fingerprint density at radius 1 is 1.14 bits per heavy atom. The van der Waals surface area contributed by atoms with E-state index >= 15 is 0 Å². The lowest BCUT2D eigenvalue weighted by atomic mass is 9.71. The summed E-state index contributed by atoms with van der Waals surface area (Å²) in [6, 6.07) is 7.34. The van der Waals surface area contributed by atoms with Gasteiger partial charge in [0, 0.05) is 30.9 Å². The van der Waals surface area contributed by atoms with Crippen LogP contribution in [0.1, 0.15) is 58.3 Å². The van der Waals surface area contributed by atoms with E-state index in [1.165, 1.54) is 19.3 Å². The van der Waals surface area contributed by atoms with E-state index in [4.69, 9.17) is 5.73 Å². The van der Waals surface area contributed by atoms with Gasteiger partial charge in [0.05, 0.1) is 0 Å². The number of nitrogens with zero attached hydrogens (tertiary/aromatic N) is 1. The van der Waals surface area contributed by atoms with Gasteiger partial charge in [-0.25, -0.2) is 0 Å². The SMILES string of the molecule is CC(NC(=O)CC1(CN)CCCCC1)C(=O)Nc1cccc(N2CCCC2)c1. The van der Waals surface area contributed by atoms with Crippen LogP contribution in [-0.4, -0.2) is 37.5 Å². The van der Waals surface area contributed by atoms with Crippen LogP contribution in [0, 0.1) is 5.41 Å². The third-order valence-corrected chi connectivity index (χ3v) is 6.24. The third kappa shape index (κ3) is 5.25. The molecule has 4 N–H and O–H groups in total. The number of nitrogens with one attached hydrogen (secondary N) is 2. The highest BCUT2D eigenvalue weighted by atomic mass is 16.2. The molecule has 1 unspecified atom stereocenters. The lowest BCUT2D eigenvalue weighted by Crippen LogP contribution is -2.45. The standard InChI is InChI=1S/C22H34N4O2/c1-17(24-20(27)15-22(16-23)10-3-2-4-11-22)21(28)25-18-8-7-9-19(14-18)26-12-5-6-13-26/h7-9,14,17H,2-6,10-13,15-16,23H2,1H3,(H,24,27)(H,25,28). The van der Waals surface area contributed by atoms with Gasteiger partial charge in [0.2, 0.25) is 11.8 Å². The quantitative estimate of drug-likeness (QED) is 0.672. The van der Waals surface area contributed by atoms with Gasteiger partial charge in [-0.05, 0) is 62.8 Å². The van der Waals surface area contributed by atoms with Gasteiger partial charge in [-0.15, -0.1) is 0 Å². The van der Waals surface area contributed by atoms with Crippen LogP contribution in [0.5, 0.6) is 0 Å². The van der Waals surface area contributed by atoms with Crippen molar-refractivity contribution in [2.75, 3.05) is 29.9 Å². The molecule has 0 bridgehead atoms. The average Bonchev–Trinajstić information content (AvgIpc) is 3.23. The first-order valence-corrected chi connectivity index (χ1v) is 10.7. The average molecular weight is 387 g/mol. The first kappa shape index (κ1) is 20.6. The maximum absolute atomic E-state index is 12.6. The fourth-order valence-corrected chi connectivity index (χ4v) is 4.46. The molecule has 6 heteroatoms. The number of benzene rings is 1. The maximum atomic E-state index is 12.6. The van der Waals surface area contributed by atoms with Crippen LogP contribution < -0.4 is 21.3 Å². The number of amides is 2. The molecule has 2 fully saturated rings. The lowest BCUT2D eigenvalue weighted by molar-refractivity contribution is -0.128. The highest BCUT2D eigenvalue weighted by molar-refractivity contribution is 5.97. The largest absolute Gasteiger partial charge is 0.371 e. The summed E-state index contributed by atoms with van der Waals surface area (Å²) in [5.41, 5.74) is 7.79. The van der Waals surface area contributed by atoms with Crippen LogP contribution >= 0.6 is 0 Å². The van der Waals surface area contributed by atoms with E-state index in [9.17, 15) is 9.59 Å². The van der Waals surface area contributed by atoms with E-state index in [2.05, 4.69) is 21.6 Å². The molecule has 1 aromatic carbocycles. The number of hydrogen-bond donors (Lipinski definition) is 3. The zero-order valence-electron chi connectivity index (χ0n) is 17.0. The monoisotopic (exact) mass is 386 g/mol.